The number of hydrogen-bond acceptors (Lipinski definition) is 3. The van der Waals surface area contributed by atoms with Crippen molar-refractivity contribution in [2.75, 3.05) is 27.2 Å². The summed E-state index contributed by atoms with van der Waals surface area (Å²) in [5, 5.41) is 8.77. The third kappa shape index (κ3) is 3.81. The maximum absolute atomic E-state index is 12.2. The molecule has 1 aromatic rings. The van der Waals surface area contributed by atoms with E-state index in [0.717, 1.165) is 0 Å². The van der Waals surface area contributed by atoms with Gasteiger partial charge in [0, 0.05) is 31.8 Å². The van der Waals surface area contributed by atoms with E-state index >= 15 is 0 Å². The first-order valence-corrected chi connectivity index (χ1v) is 6.19. The molecular formula is C14H18N2O4. The molecule has 0 fully saturated rings. The zero-order chi connectivity index (χ0) is 15.3. The van der Waals surface area contributed by atoms with Gasteiger partial charge in [0.05, 0.1) is 0 Å². The van der Waals surface area contributed by atoms with Gasteiger partial charge in [-0.25, -0.2) is 0 Å². The van der Waals surface area contributed by atoms with Crippen molar-refractivity contribution in [1.29, 1.82) is 0 Å². The summed E-state index contributed by atoms with van der Waals surface area (Å²) in [7, 11) is 3.25. The number of amides is 2. The van der Waals surface area contributed by atoms with Gasteiger partial charge in [0.1, 0.15) is 6.54 Å². The van der Waals surface area contributed by atoms with Crippen LogP contribution in [0, 0.1) is 0 Å². The summed E-state index contributed by atoms with van der Waals surface area (Å²) < 4.78 is 0. The summed E-state index contributed by atoms with van der Waals surface area (Å²) in [6.07, 6.45) is 0. The normalized spacial score (nSPS) is 9.95. The fourth-order valence-electron chi connectivity index (χ4n) is 1.72. The molecule has 0 bridgehead atoms. The first-order chi connectivity index (χ1) is 9.36. The van der Waals surface area contributed by atoms with Gasteiger partial charge >= 0.3 is 5.97 Å². The number of hydrogen-bond donors (Lipinski definition) is 1. The van der Waals surface area contributed by atoms with Crippen LogP contribution in [-0.2, 0) is 4.79 Å². The number of nitrogens with zero attached hydrogens (tertiary/aromatic N) is 2. The highest BCUT2D eigenvalue weighted by atomic mass is 16.4. The second-order valence-corrected chi connectivity index (χ2v) is 4.49. The van der Waals surface area contributed by atoms with Crippen molar-refractivity contribution in [2.24, 2.45) is 0 Å². The summed E-state index contributed by atoms with van der Waals surface area (Å²) in [5.41, 5.74) is 0.702. The molecule has 108 valence electrons. The number of aliphatic carboxylic acids is 1. The lowest BCUT2D eigenvalue weighted by Crippen LogP contribution is -2.35. The Morgan fingerprint density at radius 1 is 1.10 bits per heavy atom. The van der Waals surface area contributed by atoms with Crippen LogP contribution >= 0.6 is 0 Å². The van der Waals surface area contributed by atoms with E-state index in [1.807, 2.05) is 0 Å². The molecule has 20 heavy (non-hydrogen) atoms. The third-order valence-corrected chi connectivity index (χ3v) is 2.76. The minimum absolute atomic E-state index is 0.207. The molecular weight excluding hydrogens is 260 g/mol. The van der Waals surface area contributed by atoms with Gasteiger partial charge in [-0.05, 0) is 25.1 Å². The summed E-state index contributed by atoms with van der Waals surface area (Å²) in [5.74, 6) is -1.68. The van der Waals surface area contributed by atoms with Gasteiger partial charge < -0.3 is 14.9 Å². The highest BCUT2D eigenvalue weighted by Crippen LogP contribution is 2.10. The predicted molar refractivity (Wildman–Crippen MR) is 73.7 cm³/mol. The molecule has 0 heterocycles. The second-order valence-electron chi connectivity index (χ2n) is 4.49. The average Bonchev–Trinajstić information content (AvgIpc) is 2.42. The predicted octanol–water partition coefficient (Wildman–Crippen LogP) is 0.935. The average molecular weight is 278 g/mol. The molecule has 1 N–H and O–H groups in total. The van der Waals surface area contributed by atoms with Crippen LogP contribution in [0.3, 0.4) is 0 Å². The van der Waals surface area contributed by atoms with E-state index in [9.17, 15) is 14.4 Å². The summed E-state index contributed by atoms with van der Waals surface area (Å²) in [4.78, 5) is 37.4. The highest BCUT2D eigenvalue weighted by Gasteiger charge is 2.18. The van der Waals surface area contributed by atoms with Gasteiger partial charge in [-0.1, -0.05) is 6.07 Å². The van der Waals surface area contributed by atoms with Gasteiger partial charge in [0.15, 0.2) is 0 Å². The fraction of sp³-hybridized carbons (Fsp3) is 0.357. The van der Waals surface area contributed by atoms with Crippen molar-refractivity contribution in [3.05, 3.63) is 35.4 Å². The van der Waals surface area contributed by atoms with Crippen LogP contribution in [0.5, 0.6) is 0 Å². The van der Waals surface area contributed by atoms with E-state index in [1.54, 1.807) is 39.2 Å². The van der Waals surface area contributed by atoms with E-state index in [0.29, 0.717) is 11.1 Å². The minimum Gasteiger partial charge on any atom is -0.480 e. The third-order valence-electron chi connectivity index (χ3n) is 2.76. The lowest BCUT2D eigenvalue weighted by atomic mass is 10.1. The number of likely N-dealkylation sites (N-methyl/N-ethyl adjacent to an activating group) is 1. The van der Waals surface area contributed by atoms with Crippen LogP contribution in [0.2, 0.25) is 0 Å². The molecule has 0 aliphatic heterocycles. The Labute approximate surface area is 117 Å². The smallest absolute Gasteiger partial charge is 0.323 e. The number of carboxylic acid groups (broad SMARTS) is 1. The van der Waals surface area contributed by atoms with Crippen molar-refractivity contribution in [3.63, 3.8) is 0 Å². The number of benzene rings is 1. The Balaban J connectivity index is 3.01. The number of rotatable bonds is 5. The van der Waals surface area contributed by atoms with E-state index in [1.165, 1.54) is 15.9 Å². The molecule has 0 atom stereocenters. The first kappa shape index (κ1) is 15.7. The summed E-state index contributed by atoms with van der Waals surface area (Å²) in [6.45, 7) is 1.63. The Morgan fingerprint density at radius 2 is 1.65 bits per heavy atom. The summed E-state index contributed by atoms with van der Waals surface area (Å²) in [6, 6.07) is 6.28. The van der Waals surface area contributed by atoms with E-state index in [-0.39, 0.29) is 19.0 Å². The fourth-order valence-corrected chi connectivity index (χ4v) is 1.72. The van der Waals surface area contributed by atoms with Crippen LogP contribution in [-0.4, -0.2) is 59.9 Å². The van der Waals surface area contributed by atoms with Crippen LogP contribution in [0.4, 0.5) is 0 Å². The molecule has 0 radical (unpaired) electrons. The van der Waals surface area contributed by atoms with Crippen molar-refractivity contribution in [2.45, 2.75) is 6.92 Å². The molecule has 0 aliphatic carbocycles. The Kier molecular flexibility index (Phi) is 5.25. The van der Waals surface area contributed by atoms with Gasteiger partial charge in [-0.3, -0.25) is 14.4 Å². The largest absolute Gasteiger partial charge is 0.480 e. The van der Waals surface area contributed by atoms with Gasteiger partial charge in [0.25, 0.3) is 11.8 Å². The summed E-state index contributed by atoms with van der Waals surface area (Å²) >= 11 is 0. The molecule has 0 aromatic heterocycles. The zero-order valence-corrected chi connectivity index (χ0v) is 11.8. The molecule has 1 aromatic carbocycles. The Morgan fingerprint density at radius 3 is 2.10 bits per heavy atom. The lowest BCUT2D eigenvalue weighted by molar-refractivity contribution is -0.137. The molecule has 6 heteroatoms. The molecule has 6 nitrogen and oxygen atoms in total. The number of carbonyl (C=O) groups excluding carboxylic acids is 2. The molecule has 0 spiro atoms. The van der Waals surface area contributed by atoms with Crippen LogP contribution in [0.25, 0.3) is 0 Å². The first-order valence-electron chi connectivity index (χ1n) is 6.19. The molecule has 0 saturated heterocycles. The van der Waals surface area contributed by atoms with Crippen molar-refractivity contribution in [1.82, 2.24) is 9.80 Å². The molecule has 0 saturated carbocycles. The SMILES string of the molecule is CCN(CC(=O)O)C(=O)c1cccc(C(=O)N(C)C)c1. The second kappa shape index (κ2) is 6.70. The minimum atomic E-state index is -1.07. The molecule has 2 amide bonds. The van der Waals surface area contributed by atoms with Crippen molar-refractivity contribution >= 4 is 17.8 Å². The van der Waals surface area contributed by atoms with Crippen molar-refractivity contribution in [3.8, 4) is 0 Å². The van der Waals surface area contributed by atoms with Crippen LogP contribution < -0.4 is 0 Å². The molecule has 0 unspecified atom stereocenters. The number of carbonyl (C=O) groups is 3. The molecule has 0 aliphatic rings. The number of carboxylic acids is 1. The monoisotopic (exact) mass is 278 g/mol. The maximum atomic E-state index is 12.2. The topological polar surface area (TPSA) is 77.9 Å². The van der Waals surface area contributed by atoms with E-state index in [2.05, 4.69) is 0 Å². The zero-order valence-electron chi connectivity index (χ0n) is 11.8. The molecule has 1 rings (SSSR count). The van der Waals surface area contributed by atoms with Gasteiger partial charge in [-0.15, -0.1) is 0 Å². The Hall–Kier alpha value is -2.37. The van der Waals surface area contributed by atoms with Gasteiger partial charge in [-0.2, -0.15) is 0 Å². The van der Waals surface area contributed by atoms with Gasteiger partial charge in [0.2, 0.25) is 0 Å². The standard InChI is InChI=1S/C14H18N2O4/c1-4-16(9-12(17)18)14(20)11-7-5-6-10(8-11)13(19)15(2)3/h5-8H,4,9H2,1-3H3,(H,17,18). The maximum Gasteiger partial charge on any atom is 0.323 e. The van der Waals surface area contributed by atoms with E-state index in [4.69, 9.17) is 5.11 Å². The van der Waals surface area contributed by atoms with E-state index < -0.39 is 11.9 Å². The lowest BCUT2D eigenvalue weighted by Gasteiger charge is -2.19. The van der Waals surface area contributed by atoms with Crippen molar-refractivity contribution < 1.29 is 19.5 Å². The quantitative estimate of drug-likeness (QED) is 0.869. The highest BCUT2D eigenvalue weighted by molar-refractivity contribution is 6.00. The van der Waals surface area contributed by atoms with Crippen LogP contribution in [0.15, 0.2) is 24.3 Å². The Bertz CT molecular complexity index is 526. The van der Waals surface area contributed by atoms with Crippen LogP contribution in [0.1, 0.15) is 27.6 Å².